The van der Waals surface area contributed by atoms with E-state index in [1.807, 2.05) is 6.92 Å². The molecule has 1 unspecified atom stereocenters. The van der Waals surface area contributed by atoms with Crippen LogP contribution in [-0.4, -0.2) is 41.4 Å². The first-order chi connectivity index (χ1) is 6.97. The molecule has 86 valence electrons. The second kappa shape index (κ2) is 4.48. The van der Waals surface area contributed by atoms with Gasteiger partial charge in [0.05, 0.1) is 6.61 Å². The Kier molecular flexibility index (Phi) is 3.52. The highest BCUT2D eigenvalue weighted by Gasteiger charge is 2.37. The summed E-state index contributed by atoms with van der Waals surface area (Å²) in [6.07, 6.45) is 2.16. The van der Waals surface area contributed by atoms with E-state index in [1.54, 1.807) is 0 Å². The molecule has 1 saturated carbocycles. The number of aliphatic hydroxyl groups excluding tert-OH is 1. The van der Waals surface area contributed by atoms with Crippen LogP contribution in [0.2, 0.25) is 0 Å². The quantitative estimate of drug-likeness (QED) is 0.499. The molecule has 1 aliphatic carbocycles. The van der Waals surface area contributed by atoms with Crippen LogP contribution in [0.1, 0.15) is 19.8 Å². The van der Waals surface area contributed by atoms with Gasteiger partial charge in [0, 0.05) is 6.54 Å². The van der Waals surface area contributed by atoms with Crippen molar-refractivity contribution in [2.24, 2.45) is 5.41 Å². The van der Waals surface area contributed by atoms with E-state index in [0.717, 1.165) is 12.8 Å². The van der Waals surface area contributed by atoms with Crippen LogP contribution in [0, 0.1) is 5.41 Å². The summed E-state index contributed by atoms with van der Waals surface area (Å²) in [5, 5.41) is 22.0. The summed E-state index contributed by atoms with van der Waals surface area (Å²) in [6, 6.07) is -1.79. The summed E-state index contributed by atoms with van der Waals surface area (Å²) >= 11 is 0. The van der Waals surface area contributed by atoms with Crippen LogP contribution < -0.4 is 10.6 Å². The predicted molar refractivity (Wildman–Crippen MR) is 52.4 cm³/mol. The third-order valence-corrected chi connectivity index (χ3v) is 2.57. The lowest BCUT2D eigenvalue weighted by Gasteiger charge is -2.14. The lowest BCUT2D eigenvalue weighted by molar-refractivity contribution is -0.140. The van der Waals surface area contributed by atoms with E-state index in [2.05, 4.69) is 10.6 Å². The molecule has 6 heteroatoms. The number of hydrogen-bond acceptors (Lipinski definition) is 3. The Morgan fingerprint density at radius 2 is 2.07 bits per heavy atom. The van der Waals surface area contributed by atoms with Crippen molar-refractivity contribution in [1.29, 1.82) is 0 Å². The number of carboxylic acids is 1. The average Bonchev–Trinajstić information content (AvgIpc) is 2.90. The van der Waals surface area contributed by atoms with Crippen LogP contribution in [-0.2, 0) is 4.79 Å². The van der Waals surface area contributed by atoms with Gasteiger partial charge in [0.25, 0.3) is 0 Å². The van der Waals surface area contributed by atoms with Crippen molar-refractivity contribution < 1.29 is 19.8 Å². The Labute approximate surface area is 87.7 Å². The molecular formula is C9H16N2O4. The van der Waals surface area contributed by atoms with Gasteiger partial charge in [-0.15, -0.1) is 0 Å². The molecule has 1 atom stereocenters. The van der Waals surface area contributed by atoms with Gasteiger partial charge in [-0.1, -0.05) is 6.92 Å². The summed E-state index contributed by atoms with van der Waals surface area (Å²) in [4.78, 5) is 21.7. The molecule has 0 aliphatic heterocycles. The normalized spacial score (nSPS) is 19.1. The van der Waals surface area contributed by atoms with Gasteiger partial charge in [0.15, 0.2) is 6.04 Å². The molecule has 1 rings (SSSR count). The number of carbonyl (C=O) groups excluding carboxylic acids is 1. The topological polar surface area (TPSA) is 98.7 Å². The monoisotopic (exact) mass is 216 g/mol. The fourth-order valence-corrected chi connectivity index (χ4v) is 1.08. The number of rotatable bonds is 5. The maximum Gasteiger partial charge on any atom is 0.328 e. The molecule has 6 nitrogen and oxygen atoms in total. The van der Waals surface area contributed by atoms with Crippen molar-refractivity contribution in [2.45, 2.75) is 25.8 Å². The molecule has 0 bridgehead atoms. The summed E-state index contributed by atoms with van der Waals surface area (Å²) in [6.45, 7) is 1.98. The number of carbonyl (C=O) groups is 2. The first-order valence-electron chi connectivity index (χ1n) is 4.85. The maximum absolute atomic E-state index is 11.2. The minimum absolute atomic E-state index is 0.176. The van der Waals surface area contributed by atoms with Gasteiger partial charge in [0.1, 0.15) is 0 Å². The van der Waals surface area contributed by atoms with Crippen molar-refractivity contribution in [1.82, 2.24) is 10.6 Å². The van der Waals surface area contributed by atoms with Crippen molar-refractivity contribution in [3.05, 3.63) is 0 Å². The summed E-state index contributed by atoms with van der Waals surface area (Å²) in [5.74, 6) is -1.25. The molecule has 0 radical (unpaired) electrons. The zero-order valence-electron chi connectivity index (χ0n) is 8.62. The Balaban J connectivity index is 2.25. The average molecular weight is 216 g/mol. The fourth-order valence-electron chi connectivity index (χ4n) is 1.08. The second-order valence-corrected chi connectivity index (χ2v) is 4.21. The van der Waals surface area contributed by atoms with Crippen LogP contribution in [0.5, 0.6) is 0 Å². The highest BCUT2D eigenvalue weighted by molar-refractivity contribution is 5.82. The highest BCUT2D eigenvalue weighted by Crippen LogP contribution is 2.43. The van der Waals surface area contributed by atoms with E-state index >= 15 is 0 Å². The van der Waals surface area contributed by atoms with E-state index in [0.29, 0.717) is 6.54 Å². The largest absolute Gasteiger partial charge is 0.480 e. The van der Waals surface area contributed by atoms with Gasteiger partial charge in [-0.3, -0.25) is 0 Å². The zero-order chi connectivity index (χ0) is 11.5. The second-order valence-electron chi connectivity index (χ2n) is 4.21. The summed E-state index contributed by atoms with van der Waals surface area (Å²) in [7, 11) is 0. The molecule has 0 spiro atoms. The maximum atomic E-state index is 11.2. The van der Waals surface area contributed by atoms with Crippen LogP contribution in [0.3, 0.4) is 0 Å². The molecule has 15 heavy (non-hydrogen) atoms. The molecule has 4 N–H and O–H groups in total. The smallest absolute Gasteiger partial charge is 0.328 e. The van der Waals surface area contributed by atoms with Crippen molar-refractivity contribution >= 4 is 12.0 Å². The Morgan fingerprint density at radius 1 is 1.47 bits per heavy atom. The van der Waals surface area contributed by atoms with E-state index in [9.17, 15) is 9.59 Å². The third-order valence-electron chi connectivity index (χ3n) is 2.57. The van der Waals surface area contributed by atoms with E-state index < -0.39 is 24.6 Å². The Hall–Kier alpha value is -1.30. The first kappa shape index (κ1) is 11.8. The van der Waals surface area contributed by atoms with Crippen molar-refractivity contribution in [2.75, 3.05) is 13.2 Å². The van der Waals surface area contributed by atoms with Gasteiger partial charge in [-0.05, 0) is 18.3 Å². The molecule has 1 fully saturated rings. The van der Waals surface area contributed by atoms with Crippen LogP contribution in [0.4, 0.5) is 4.79 Å². The first-order valence-corrected chi connectivity index (χ1v) is 4.85. The number of nitrogens with one attached hydrogen (secondary N) is 2. The third kappa shape index (κ3) is 3.75. The standard InChI is InChI=1S/C9H16N2O4/c1-9(2-3-9)5-10-8(15)11-6(4-12)7(13)14/h6,12H,2-5H2,1H3,(H,13,14)(H2,10,11,15). The molecule has 1 aliphatic rings. The number of carboxylic acid groups (broad SMARTS) is 1. The lowest BCUT2D eigenvalue weighted by Crippen LogP contribution is -2.48. The molecule has 0 aromatic rings. The number of urea groups is 1. The van der Waals surface area contributed by atoms with Gasteiger partial charge in [-0.2, -0.15) is 0 Å². The van der Waals surface area contributed by atoms with Gasteiger partial charge < -0.3 is 20.8 Å². The van der Waals surface area contributed by atoms with E-state index in [-0.39, 0.29) is 5.41 Å². The van der Waals surface area contributed by atoms with Crippen molar-refractivity contribution in [3.8, 4) is 0 Å². The number of aliphatic hydroxyl groups is 1. The molecule has 0 heterocycles. The summed E-state index contributed by atoms with van der Waals surface area (Å²) < 4.78 is 0. The number of hydrogen-bond donors (Lipinski definition) is 4. The minimum atomic E-state index is -1.25. The molecule has 2 amide bonds. The van der Waals surface area contributed by atoms with Crippen molar-refractivity contribution in [3.63, 3.8) is 0 Å². The number of amides is 2. The zero-order valence-corrected chi connectivity index (χ0v) is 8.62. The van der Waals surface area contributed by atoms with Gasteiger partial charge >= 0.3 is 12.0 Å². The Morgan fingerprint density at radius 3 is 2.47 bits per heavy atom. The minimum Gasteiger partial charge on any atom is -0.480 e. The highest BCUT2D eigenvalue weighted by atomic mass is 16.4. The molecule has 0 aromatic carbocycles. The molecular weight excluding hydrogens is 200 g/mol. The Bertz CT molecular complexity index is 263. The summed E-state index contributed by atoms with van der Waals surface area (Å²) in [5.41, 5.74) is 0.176. The fraction of sp³-hybridized carbons (Fsp3) is 0.778. The van der Waals surface area contributed by atoms with E-state index in [4.69, 9.17) is 10.2 Å². The van der Waals surface area contributed by atoms with Crippen LogP contribution in [0.15, 0.2) is 0 Å². The molecule has 0 aromatic heterocycles. The van der Waals surface area contributed by atoms with E-state index in [1.165, 1.54) is 0 Å². The van der Waals surface area contributed by atoms with Gasteiger partial charge in [-0.25, -0.2) is 9.59 Å². The lowest BCUT2D eigenvalue weighted by atomic mass is 10.1. The van der Waals surface area contributed by atoms with Crippen LogP contribution in [0.25, 0.3) is 0 Å². The van der Waals surface area contributed by atoms with Crippen LogP contribution >= 0.6 is 0 Å². The number of aliphatic carboxylic acids is 1. The van der Waals surface area contributed by atoms with Gasteiger partial charge in [0.2, 0.25) is 0 Å². The SMILES string of the molecule is CC1(CNC(=O)NC(CO)C(=O)O)CC1. The molecule has 0 saturated heterocycles. The predicted octanol–water partition coefficient (Wildman–Crippen LogP) is -0.469.